The van der Waals surface area contributed by atoms with E-state index in [2.05, 4.69) is 25.9 Å². The van der Waals surface area contributed by atoms with Crippen LogP contribution in [0.4, 0.5) is 5.82 Å². The van der Waals surface area contributed by atoms with Crippen LogP contribution in [0, 0.1) is 6.92 Å². The summed E-state index contributed by atoms with van der Waals surface area (Å²) < 4.78 is 0. The lowest BCUT2D eigenvalue weighted by Gasteiger charge is -2.23. The summed E-state index contributed by atoms with van der Waals surface area (Å²) in [6, 6.07) is 12.6. The van der Waals surface area contributed by atoms with E-state index in [9.17, 15) is 9.59 Å². The van der Waals surface area contributed by atoms with E-state index in [1.165, 1.54) is 6.20 Å². The molecule has 8 nitrogen and oxygen atoms in total. The summed E-state index contributed by atoms with van der Waals surface area (Å²) in [7, 11) is 0. The van der Waals surface area contributed by atoms with Crippen molar-refractivity contribution in [3.05, 3.63) is 76.1 Å². The van der Waals surface area contributed by atoms with Gasteiger partial charge in [-0.3, -0.25) is 9.59 Å². The number of amides is 2. The zero-order valence-corrected chi connectivity index (χ0v) is 19.7. The smallest absolute Gasteiger partial charge is 0.274 e. The van der Waals surface area contributed by atoms with Crippen LogP contribution in [0.1, 0.15) is 44.8 Å². The zero-order valence-electron chi connectivity index (χ0n) is 18.9. The molecular weight excluding hydrogens is 452 g/mol. The molecule has 0 bridgehead atoms. The number of aromatic nitrogens is 2. The molecule has 1 atom stereocenters. The first kappa shape index (κ1) is 23.7. The fourth-order valence-electron chi connectivity index (χ4n) is 3.89. The average molecular weight is 479 g/mol. The summed E-state index contributed by atoms with van der Waals surface area (Å²) in [4.78, 5) is 34.2. The number of nitrogen functional groups attached to an aromatic ring is 1. The minimum atomic E-state index is -0.354. The second-order valence-corrected chi connectivity index (χ2v) is 8.78. The molecule has 2 aromatic carbocycles. The highest BCUT2D eigenvalue weighted by Gasteiger charge is 2.20. The largest absolute Gasteiger partial charge is 0.382 e. The molecule has 0 spiro atoms. The van der Waals surface area contributed by atoms with Gasteiger partial charge in [0.1, 0.15) is 0 Å². The minimum Gasteiger partial charge on any atom is -0.382 e. The number of nitrogens with zero attached hydrogens (tertiary/aromatic N) is 2. The number of aryl methyl sites for hydroxylation is 1. The highest BCUT2D eigenvalue weighted by molar-refractivity contribution is 6.30. The number of nitrogens with two attached hydrogens (primary N) is 1. The number of nitrogens with one attached hydrogen (secondary N) is 3. The molecule has 1 aromatic heterocycles. The normalized spacial score (nSPS) is 15.5. The van der Waals surface area contributed by atoms with Crippen molar-refractivity contribution in [2.24, 2.45) is 0 Å². The molecule has 3 aromatic rings. The number of hydrogen-bond acceptors (Lipinski definition) is 6. The predicted molar refractivity (Wildman–Crippen MR) is 133 cm³/mol. The van der Waals surface area contributed by atoms with Gasteiger partial charge < -0.3 is 21.7 Å². The number of halogens is 1. The maximum absolute atomic E-state index is 12.8. The Kier molecular flexibility index (Phi) is 7.40. The van der Waals surface area contributed by atoms with Crippen molar-refractivity contribution in [2.45, 2.75) is 32.4 Å². The van der Waals surface area contributed by atoms with Crippen LogP contribution < -0.4 is 21.7 Å². The lowest BCUT2D eigenvalue weighted by Crippen LogP contribution is -2.46. The van der Waals surface area contributed by atoms with Gasteiger partial charge in [-0.25, -0.2) is 9.97 Å². The van der Waals surface area contributed by atoms with Gasteiger partial charge in [0.2, 0.25) is 0 Å². The SMILES string of the molecule is Cc1cc(Cl)ccc1CNC(=O)c1cccc(-c2cnc(N)c(C(=O)N[C@H]3CCCNC3)n2)c1. The Morgan fingerprint density at radius 3 is 2.82 bits per heavy atom. The van der Waals surface area contributed by atoms with Crippen molar-refractivity contribution in [1.82, 2.24) is 25.9 Å². The van der Waals surface area contributed by atoms with E-state index in [4.69, 9.17) is 17.3 Å². The third kappa shape index (κ3) is 5.70. The van der Waals surface area contributed by atoms with Crippen LogP contribution in [0.2, 0.25) is 5.02 Å². The molecule has 34 heavy (non-hydrogen) atoms. The van der Waals surface area contributed by atoms with Gasteiger partial charge in [0, 0.05) is 35.3 Å². The first-order chi connectivity index (χ1) is 16.4. The third-order valence-corrected chi connectivity index (χ3v) is 6.05. The van der Waals surface area contributed by atoms with Gasteiger partial charge in [-0.05, 0) is 61.7 Å². The fourth-order valence-corrected chi connectivity index (χ4v) is 4.11. The highest BCUT2D eigenvalue weighted by Crippen LogP contribution is 2.21. The number of carbonyl (C=O) groups is 2. The molecule has 1 aliphatic heterocycles. The first-order valence-electron chi connectivity index (χ1n) is 11.2. The average Bonchev–Trinajstić information content (AvgIpc) is 2.84. The standard InChI is InChI=1S/C25H27ClN6O2/c1-15-10-19(26)8-7-18(15)12-30-24(33)17-5-2-4-16(11-17)21-14-29-23(27)22(32-21)25(34)31-20-6-3-9-28-13-20/h2,4-5,7-8,10-11,14,20,28H,3,6,9,12-13H2,1H3,(H2,27,29)(H,30,33)(H,31,34)/t20-/m0/s1. The Hall–Kier alpha value is -3.49. The monoisotopic (exact) mass is 478 g/mol. The Bertz CT molecular complexity index is 1210. The van der Waals surface area contributed by atoms with Gasteiger partial charge in [0.05, 0.1) is 11.9 Å². The molecule has 1 fully saturated rings. The lowest BCUT2D eigenvalue weighted by molar-refractivity contribution is 0.0923. The van der Waals surface area contributed by atoms with Crippen molar-refractivity contribution in [3.8, 4) is 11.3 Å². The van der Waals surface area contributed by atoms with Crippen LogP contribution in [-0.2, 0) is 6.54 Å². The molecule has 4 rings (SSSR count). The molecule has 2 amide bonds. The fraction of sp³-hybridized carbons (Fsp3) is 0.280. The molecular formula is C25H27ClN6O2. The number of benzene rings is 2. The Morgan fingerprint density at radius 2 is 2.06 bits per heavy atom. The number of anilines is 1. The van der Waals surface area contributed by atoms with Crippen LogP contribution >= 0.6 is 11.6 Å². The summed E-state index contributed by atoms with van der Waals surface area (Å²) in [6.45, 7) is 4.00. The highest BCUT2D eigenvalue weighted by atomic mass is 35.5. The minimum absolute atomic E-state index is 0.0300. The van der Waals surface area contributed by atoms with Gasteiger partial charge >= 0.3 is 0 Å². The molecule has 1 saturated heterocycles. The Balaban J connectivity index is 1.48. The van der Waals surface area contributed by atoms with Crippen molar-refractivity contribution in [2.75, 3.05) is 18.8 Å². The van der Waals surface area contributed by atoms with E-state index < -0.39 is 0 Å². The Morgan fingerprint density at radius 1 is 1.21 bits per heavy atom. The van der Waals surface area contributed by atoms with Crippen molar-refractivity contribution in [3.63, 3.8) is 0 Å². The topological polar surface area (TPSA) is 122 Å². The molecule has 5 N–H and O–H groups in total. The van der Waals surface area contributed by atoms with Gasteiger partial charge in [-0.1, -0.05) is 29.8 Å². The van der Waals surface area contributed by atoms with Crippen LogP contribution in [0.15, 0.2) is 48.7 Å². The van der Waals surface area contributed by atoms with Crippen molar-refractivity contribution in [1.29, 1.82) is 0 Å². The quantitative estimate of drug-likeness (QED) is 0.432. The van der Waals surface area contributed by atoms with E-state index in [0.717, 1.165) is 30.5 Å². The van der Waals surface area contributed by atoms with Gasteiger partial charge in [-0.2, -0.15) is 0 Å². The van der Waals surface area contributed by atoms with Gasteiger partial charge in [0.15, 0.2) is 11.5 Å². The van der Waals surface area contributed by atoms with Crippen LogP contribution in [0.25, 0.3) is 11.3 Å². The number of hydrogen-bond donors (Lipinski definition) is 4. The van der Waals surface area contributed by atoms with E-state index in [1.54, 1.807) is 24.3 Å². The predicted octanol–water partition coefficient (Wildman–Crippen LogP) is 3.10. The number of piperidine rings is 1. The summed E-state index contributed by atoms with van der Waals surface area (Å²) in [5.41, 5.74) is 9.62. The molecule has 9 heteroatoms. The van der Waals surface area contributed by atoms with Crippen molar-refractivity contribution >= 4 is 29.2 Å². The van der Waals surface area contributed by atoms with E-state index in [-0.39, 0.29) is 29.4 Å². The maximum Gasteiger partial charge on any atom is 0.274 e. The van der Waals surface area contributed by atoms with Crippen LogP contribution in [-0.4, -0.2) is 40.9 Å². The second kappa shape index (κ2) is 10.6. The maximum atomic E-state index is 12.8. The molecule has 176 valence electrons. The summed E-state index contributed by atoms with van der Waals surface area (Å²) in [5, 5.41) is 9.82. The molecule has 0 saturated carbocycles. The molecule has 1 aliphatic rings. The Labute approximate surface area is 203 Å². The van der Waals surface area contributed by atoms with E-state index in [0.29, 0.717) is 34.9 Å². The zero-order chi connectivity index (χ0) is 24.1. The second-order valence-electron chi connectivity index (χ2n) is 8.34. The molecule has 2 heterocycles. The van der Waals surface area contributed by atoms with Gasteiger partial charge in [-0.15, -0.1) is 0 Å². The van der Waals surface area contributed by atoms with E-state index >= 15 is 0 Å². The number of carbonyl (C=O) groups excluding carboxylic acids is 2. The summed E-state index contributed by atoms with van der Waals surface area (Å²) in [6.07, 6.45) is 3.40. The summed E-state index contributed by atoms with van der Waals surface area (Å²) in [5.74, 6) is -0.507. The number of rotatable bonds is 6. The molecule has 0 radical (unpaired) electrons. The molecule has 0 aliphatic carbocycles. The third-order valence-electron chi connectivity index (χ3n) is 5.81. The summed E-state index contributed by atoms with van der Waals surface area (Å²) >= 11 is 6.01. The van der Waals surface area contributed by atoms with Crippen LogP contribution in [0.3, 0.4) is 0 Å². The molecule has 0 unspecified atom stereocenters. The van der Waals surface area contributed by atoms with Gasteiger partial charge in [0.25, 0.3) is 11.8 Å². The lowest BCUT2D eigenvalue weighted by atomic mass is 10.1. The van der Waals surface area contributed by atoms with E-state index in [1.807, 2.05) is 25.1 Å². The van der Waals surface area contributed by atoms with Crippen molar-refractivity contribution < 1.29 is 9.59 Å². The first-order valence-corrected chi connectivity index (χ1v) is 11.6. The van der Waals surface area contributed by atoms with Crippen LogP contribution in [0.5, 0.6) is 0 Å².